The van der Waals surface area contributed by atoms with Crippen molar-refractivity contribution in [1.82, 2.24) is 0 Å². The maximum atomic E-state index is 10.3. The number of benzene rings is 1. The molecule has 1 aromatic rings. The van der Waals surface area contributed by atoms with Gasteiger partial charge in [-0.3, -0.25) is 4.21 Å². The normalized spacial score (nSPS) is 11.4. The van der Waals surface area contributed by atoms with Crippen LogP contribution in [0.2, 0.25) is 0 Å². The first-order valence-corrected chi connectivity index (χ1v) is 11.0. The number of rotatable bonds is 1. The van der Waals surface area contributed by atoms with Crippen LogP contribution in [-0.2, 0) is 36.0 Å². The third-order valence-electron chi connectivity index (χ3n) is 1.21. The van der Waals surface area contributed by atoms with Gasteiger partial charge in [0, 0.05) is 4.90 Å². The first-order chi connectivity index (χ1) is 5.70. The van der Waals surface area contributed by atoms with Crippen LogP contribution in [0.4, 0.5) is 0 Å². The molecule has 1 atom stereocenters. The number of aryl methyl sites for hydroxylation is 1. The molecule has 5 heteroatoms. The Morgan fingerprint density at radius 3 is 2.08 bits per heavy atom. The molecule has 0 bridgehead atoms. The Morgan fingerprint density at radius 1 is 1.33 bits per heavy atom. The minimum absolute atomic E-state index is 0.339. The van der Waals surface area contributed by atoms with E-state index < -0.39 is 11.1 Å². The second-order valence-electron chi connectivity index (χ2n) is 2.05. The summed E-state index contributed by atoms with van der Waals surface area (Å²) < 4.78 is 20.6. The molecule has 0 spiro atoms. The zero-order valence-electron chi connectivity index (χ0n) is 6.62. The van der Waals surface area contributed by atoms with Gasteiger partial charge < -0.3 is 4.55 Å². The predicted molar refractivity (Wildman–Crippen MR) is 44.2 cm³/mol. The molecule has 0 radical (unpaired) electrons. The van der Waals surface area contributed by atoms with Crippen molar-refractivity contribution in [2.24, 2.45) is 0 Å². The molecule has 0 aliphatic rings. The molecule has 0 aromatic heterocycles. The molecule has 0 saturated heterocycles. The van der Waals surface area contributed by atoms with Gasteiger partial charge in [0.25, 0.3) is 0 Å². The monoisotopic (exact) mass is 392 g/mol. The molecular formula is C7H7ClHgO2S. The average molecular weight is 391 g/mol. The van der Waals surface area contributed by atoms with Crippen LogP contribution in [0.15, 0.2) is 29.2 Å². The zero-order valence-corrected chi connectivity index (χ0v) is 13.7. The van der Waals surface area contributed by atoms with Gasteiger partial charge in [0.2, 0.25) is 0 Å². The zero-order chi connectivity index (χ0) is 9.56. The topological polar surface area (TPSA) is 40.1 Å². The van der Waals surface area contributed by atoms with E-state index in [9.17, 15) is 8.76 Å². The van der Waals surface area contributed by atoms with Gasteiger partial charge in [0.15, 0.2) is 0 Å². The fourth-order valence-corrected chi connectivity index (χ4v) is 1.01. The molecule has 1 aromatic carbocycles. The van der Waals surface area contributed by atoms with E-state index in [1.54, 1.807) is 24.3 Å². The molecule has 2 nitrogen and oxygen atoms in total. The van der Waals surface area contributed by atoms with Gasteiger partial charge >= 0.3 is 33.1 Å². The van der Waals surface area contributed by atoms with Gasteiger partial charge in [-0.1, -0.05) is 17.7 Å². The molecule has 0 aliphatic heterocycles. The van der Waals surface area contributed by atoms with Crippen molar-refractivity contribution < 1.29 is 33.6 Å². The summed E-state index contributed by atoms with van der Waals surface area (Å²) in [5, 5.41) is 0. The van der Waals surface area contributed by atoms with E-state index in [0.29, 0.717) is 29.8 Å². The Morgan fingerprint density at radius 2 is 1.75 bits per heavy atom. The van der Waals surface area contributed by atoms with Gasteiger partial charge in [-0.2, -0.15) is 0 Å². The van der Waals surface area contributed by atoms with Crippen LogP contribution in [0.25, 0.3) is 0 Å². The summed E-state index contributed by atoms with van der Waals surface area (Å²) >= 11 is -1.59. The first-order valence-electron chi connectivity index (χ1n) is 3.13. The Kier molecular flexibility index (Phi) is 7.33. The second-order valence-corrected chi connectivity index (χ2v) is 2.99. The van der Waals surface area contributed by atoms with Crippen LogP contribution >= 0.6 is 8.25 Å². The molecule has 62 valence electrons. The fourth-order valence-electron chi connectivity index (χ4n) is 0.649. The SMILES string of the molecule is Cc1ccc(S(=O)[O-])cc1.[Cl][Hg+]. The van der Waals surface area contributed by atoms with Crippen molar-refractivity contribution in [2.45, 2.75) is 11.8 Å². The summed E-state index contributed by atoms with van der Waals surface area (Å²) in [6.07, 6.45) is 0. The summed E-state index contributed by atoms with van der Waals surface area (Å²) in [7, 11) is 4.83. The van der Waals surface area contributed by atoms with Crippen LogP contribution < -0.4 is 0 Å². The van der Waals surface area contributed by atoms with E-state index in [1.807, 2.05) is 6.92 Å². The van der Waals surface area contributed by atoms with Crippen molar-refractivity contribution in [2.75, 3.05) is 0 Å². The first kappa shape index (κ1) is 12.6. The summed E-state index contributed by atoms with van der Waals surface area (Å²) in [5.74, 6) is 0. The van der Waals surface area contributed by atoms with Gasteiger partial charge in [-0.05, 0) is 30.1 Å². The Bertz CT molecular complexity index is 250. The Hall–Kier alpha value is 0.555. The summed E-state index contributed by atoms with van der Waals surface area (Å²) in [5.41, 5.74) is 1.06. The fraction of sp³-hybridized carbons (Fsp3) is 0.143. The average Bonchev–Trinajstić information content (AvgIpc) is 2.09. The maximum absolute atomic E-state index is 10.3. The van der Waals surface area contributed by atoms with E-state index in [-0.39, 0.29) is 0 Å². The van der Waals surface area contributed by atoms with Crippen molar-refractivity contribution in [1.29, 1.82) is 0 Å². The van der Waals surface area contributed by atoms with E-state index >= 15 is 0 Å². The van der Waals surface area contributed by atoms with E-state index in [1.165, 1.54) is 0 Å². The van der Waals surface area contributed by atoms with Crippen LogP contribution in [0.3, 0.4) is 0 Å². The quantitative estimate of drug-likeness (QED) is 0.542. The number of halogens is 1. The van der Waals surface area contributed by atoms with Crippen LogP contribution in [-0.4, -0.2) is 8.76 Å². The number of hydrogen-bond acceptors (Lipinski definition) is 2. The second kappa shape index (κ2) is 7.01. The molecule has 0 fully saturated rings. The van der Waals surface area contributed by atoms with E-state index in [4.69, 9.17) is 8.25 Å². The molecule has 12 heavy (non-hydrogen) atoms. The van der Waals surface area contributed by atoms with Crippen molar-refractivity contribution in [3.8, 4) is 0 Å². The molecule has 0 saturated carbocycles. The summed E-state index contributed by atoms with van der Waals surface area (Å²) in [4.78, 5) is 0.339. The summed E-state index contributed by atoms with van der Waals surface area (Å²) in [6, 6.07) is 6.70. The van der Waals surface area contributed by atoms with Crippen LogP contribution in [0.1, 0.15) is 5.56 Å². The van der Waals surface area contributed by atoms with Crippen LogP contribution in [0, 0.1) is 6.92 Å². The summed E-state index contributed by atoms with van der Waals surface area (Å²) in [6.45, 7) is 1.91. The van der Waals surface area contributed by atoms with Gasteiger partial charge in [0.05, 0.1) is 0 Å². The van der Waals surface area contributed by atoms with Gasteiger partial charge in [-0.25, -0.2) is 0 Å². The third kappa shape index (κ3) is 4.55. The molecule has 1 rings (SSSR count). The van der Waals surface area contributed by atoms with Crippen molar-refractivity contribution in [3.05, 3.63) is 29.8 Å². The predicted octanol–water partition coefficient (Wildman–Crippen LogP) is 1.92. The number of hydrogen-bond donors (Lipinski definition) is 0. The molecule has 1 unspecified atom stereocenters. The molecule has 0 heterocycles. The van der Waals surface area contributed by atoms with Crippen LogP contribution in [0.5, 0.6) is 0 Å². The molecule has 0 aliphatic carbocycles. The standard InChI is InChI=1S/C7H8O2S.ClH.Hg/c1-6-2-4-7(5-3-6)10(8)9;;/h2-5H,1H3,(H,8,9);1H;/q;;+2/p-2. The molecule has 0 N–H and O–H groups in total. The van der Waals surface area contributed by atoms with E-state index in [0.717, 1.165) is 5.56 Å². The third-order valence-corrected chi connectivity index (χ3v) is 1.87. The molecular weight excluding hydrogens is 384 g/mol. The van der Waals surface area contributed by atoms with Crippen molar-refractivity contribution >= 4 is 19.3 Å². The van der Waals surface area contributed by atoms with Gasteiger partial charge in [0.1, 0.15) is 0 Å². The Balaban J connectivity index is 0.000000561. The Labute approximate surface area is 94.0 Å². The molecule has 0 amide bonds. The van der Waals surface area contributed by atoms with Crippen molar-refractivity contribution in [3.63, 3.8) is 0 Å². The van der Waals surface area contributed by atoms with E-state index in [2.05, 4.69) is 0 Å². The minimum atomic E-state index is -2.09. The van der Waals surface area contributed by atoms with Gasteiger partial charge in [-0.15, -0.1) is 0 Å².